The van der Waals surface area contributed by atoms with E-state index in [0.717, 1.165) is 0 Å². The van der Waals surface area contributed by atoms with Crippen molar-refractivity contribution in [3.63, 3.8) is 0 Å². The van der Waals surface area contributed by atoms with Crippen LogP contribution in [0.5, 0.6) is 0 Å². The van der Waals surface area contributed by atoms with E-state index in [1.54, 1.807) is 6.07 Å². The number of rotatable bonds is 6. The average Bonchev–Trinajstić information content (AvgIpc) is 2.63. The maximum atomic E-state index is 11.8. The lowest BCUT2D eigenvalue weighted by Gasteiger charge is -2.05. The number of halogens is 3. The predicted molar refractivity (Wildman–Crippen MR) is 49.3 cm³/mol. The van der Waals surface area contributed by atoms with E-state index in [1.807, 2.05) is 0 Å². The van der Waals surface area contributed by atoms with Gasteiger partial charge >= 0.3 is 6.18 Å². The normalized spacial score (nSPS) is 12.0. The largest absolute Gasteiger partial charge is 0.389 e. The van der Waals surface area contributed by atoms with Crippen LogP contribution in [0.3, 0.4) is 0 Å². The van der Waals surface area contributed by atoms with E-state index >= 15 is 0 Å². The summed E-state index contributed by atoms with van der Waals surface area (Å²) in [6.45, 7) is 0.417. The van der Waals surface area contributed by atoms with Crippen molar-refractivity contribution in [1.29, 1.82) is 0 Å². The molecule has 1 heterocycles. The quantitative estimate of drug-likeness (QED) is 0.770. The minimum atomic E-state index is -4.12. The SMILES string of the molecule is NCc1cc(COCCCC(F)(F)F)on1. The Morgan fingerprint density at radius 2 is 2.19 bits per heavy atom. The first-order valence-electron chi connectivity index (χ1n) is 4.80. The average molecular weight is 238 g/mol. The molecule has 0 unspecified atom stereocenters. The first-order chi connectivity index (χ1) is 7.51. The third kappa shape index (κ3) is 5.13. The molecule has 2 N–H and O–H groups in total. The molecule has 0 spiro atoms. The molecule has 0 aliphatic carbocycles. The zero-order chi connectivity index (χ0) is 12.0. The summed E-state index contributed by atoms with van der Waals surface area (Å²) >= 11 is 0. The zero-order valence-corrected chi connectivity index (χ0v) is 8.59. The van der Waals surface area contributed by atoms with E-state index in [0.29, 0.717) is 11.5 Å². The van der Waals surface area contributed by atoms with Gasteiger partial charge in [0.1, 0.15) is 6.61 Å². The second-order valence-corrected chi connectivity index (χ2v) is 3.26. The minimum Gasteiger partial charge on any atom is -0.373 e. The zero-order valence-electron chi connectivity index (χ0n) is 8.59. The van der Waals surface area contributed by atoms with E-state index in [2.05, 4.69) is 5.16 Å². The molecular formula is C9H13F3N2O2. The molecular weight excluding hydrogens is 225 g/mol. The molecule has 0 saturated carbocycles. The van der Waals surface area contributed by atoms with Gasteiger partial charge in [-0.25, -0.2) is 0 Å². The Morgan fingerprint density at radius 3 is 2.75 bits per heavy atom. The number of hydrogen-bond donors (Lipinski definition) is 1. The maximum absolute atomic E-state index is 11.8. The van der Waals surface area contributed by atoms with Crippen molar-refractivity contribution < 1.29 is 22.4 Å². The molecule has 1 aromatic rings. The molecule has 0 atom stereocenters. The number of aromatic nitrogens is 1. The highest BCUT2D eigenvalue weighted by atomic mass is 19.4. The fraction of sp³-hybridized carbons (Fsp3) is 0.667. The van der Waals surface area contributed by atoms with Crippen LogP contribution in [0.1, 0.15) is 24.3 Å². The number of alkyl halides is 3. The van der Waals surface area contributed by atoms with E-state index in [4.69, 9.17) is 15.0 Å². The van der Waals surface area contributed by atoms with Crippen molar-refractivity contribution in [2.24, 2.45) is 5.73 Å². The van der Waals surface area contributed by atoms with Gasteiger partial charge in [0.15, 0.2) is 5.76 Å². The van der Waals surface area contributed by atoms with Gasteiger partial charge in [-0.15, -0.1) is 0 Å². The van der Waals surface area contributed by atoms with E-state index in [9.17, 15) is 13.2 Å². The van der Waals surface area contributed by atoms with Gasteiger partial charge in [-0.3, -0.25) is 0 Å². The van der Waals surface area contributed by atoms with Gasteiger partial charge in [-0.2, -0.15) is 13.2 Å². The van der Waals surface area contributed by atoms with Gasteiger partial charge in [-0.1, -0.05) is 5.16 Å². The van der Waals surface area contributed by atoms with Gasteiger partial charge in [0.2, 0.25) is 0 Å². The van der Waals surface area contributed by atoms with Gasteiger partial charge in [0, 0.05) is 25.6 Å². The summed E-state index contributed by atoms with van der Waals surface area (Å²) in [6.07, 6.45) is -5.01. The number of hydrogen-bond acceptors (Lipinski definition) is 4. The molecule has 0 aromatic carbocycles. The maximum Gasteiger partial charge on any atom is 0.389 e. The van der Waals surface area contributed by atoms with Gasteiger partial charge < -0.3 is 15.0 Å². The molecule has 0 bridgehead atoms. The number of nitrogens with zero attached hydrogens (tertiary/aromatic N) is 1. The van der Waals surface area contributed by atoms with Crippen LogP contribution in [0.25, 0.3) is 0 Å². The van der Waals surface area contributed by atoms with Crippen molar-refractivity contribution in [1.82, 2.24) is 5.16 Å². The fourth-order valence-electron chi connectivity index (χ4n) is 1.07. The Kier molecular flexibility index (Phi) is 4.75. The monoisotopic (exact) mass is 238 g/mol. The molecule has 0 aliphatic rings. The Balaban J connectivity index is 2.11. The molecule has 1 rings (SSSR count). The van der Waals surface area contributed by atoms with Crippen LogP contribution in [0.2, 0.25) is 0 Å². The summed E-state index contributed by atoms with van der Waals surface area (Å²) in [6, 6.07) is 1.61. The van der Waals surface area contributed by atoms with Crippen LogP contribution in [-0.2, 0) is 17.9 Å². The molecule has 7 heteroatoms. The molecule has 16 heavy (non-hydrogen) atoms. The highest BCUT2D eigenvalue weighted by Gasteiger charge is 2.25. The molecule has 4 nitrogen and oxygen atoms in total. The van der Waals surface area contributed by atoms with Crippen molar-refractivity contribution >= 4 is 0 Å². The van der Waals surface area contributed by atoms with Crippen LogP contribution in [0.15, 0.2) is 10.6 Å². The van der Waals surface area contributed by atoms with Gasteiger partial charge in [-0.05, 0) is 6.42 Å². The molecule has 0 saturated heterocycles. The highest BCUT2D eigenvalue weighted by molar-refractivity contribution is 5.03. The lowest BCUT2D eigenvalue weighted by molar-refractivity contribution is -0.138. The van der Waals surface area contributed by atoms with Crippen molar-refractivity contribution in [3.05, 3.63) is 17.5 Å². The summed E-state index contributed by atoms with van der Waals surface area (Å²) in [5.41, 5.74) is 5.89. The smallest absolute Gasteiger partial charge is 0.373 e. The van der Waals surface area contributed by atoms with Crippen molar-refractivity contribution in [3.8, 4) is 0 Å². The van der Waals surface area contributed by atoms with Crippen LogP contribution in [-0.4, -0.2) is 17.9 Å². The molecule has 1 aromatic heterocycles. The summed E-state index contributed by atoms with van der Waals surface area (Å²) in [7, 11) is 0. The second kappa shape index (κ2) is 5.86. The molecule has 0 aliphatic heterocycles. The topological polar surface area (TPSA) is 61.3 Å². The Bertz CT molecular complexity index is 312. The van der Waals surface area contributed by atoms with Crippen LogP contribution >= 0.6 is 0 Å². The third-order valence-corrected chi connectivity index (χ3v) is 1.81. The third-order valence-electron chi connectivity index (χ3n) is 1.81. The Morgan fingerprint density at radius 1 is 1.44 bits per heavy atom. The summed E-state index contributed by atoms with van der Waals surface area (Å²) in [5, 5.41) is 3.61. The second-order valence-electron chi connectivity index (χ2n) is 3.26. The van der Waals surface area contributed by atoms with Crippen LogP contribution in [0, 0.1) is 0 Å². The van der Waals surface area contributed by atoms with E-state index in [-0.39, 0.29) is 26.2 Å². The highest BCUT2D eigenvalue weighted by Crippen LogP contribution is 2.21. The van der Waals surface area contributed by atoms with E-state index < -0.39 is 12.6 Å². The van der Waals surface area contributed by atoms with Crippen molar-refractivity contribution in [2.75, 3.05) is 6.61 Å². The molecule has 0 fully saturated rings. The molecule has 0 radical (unpaired) electrons. The molecule has 92 valence electrons. The summed E-state index contributed by atoms with van der Waals surface area (Å²) in [5.74, 6) is 0.465. The van der Waals surface area contributed by atoms with Gasteiger partial charge in [0.25, 0.3) is 0 Å². The minimum absolute atomic E-state index is 0.0398. The van der Waals surface area contributed by atoms with Crippen LogP contribution < -0.4 is 5.73 Å². The number of nitrogens with two attached hydrogens (primary N) is 1. The first-order valence-corrected chi connectivity index (χ1v) is 4.80. The summed E-state index contributed by atoms with van der Waals surface area (Å²) < 4.78 is 45.1. The standard InChI is InChI=1S/C9H13F3N2O2/c10-9(11,12)2-1-3-15-6-8-4-7(5-13)14-16-8/h4H,1-3,5-6,13H2. The molecule has 0 amide bonds. The lowest BCUT2D eigenvalue weighted by Crippen LogP contribution is -2.08. The Hall–Kier alpha value is -1.08. The number of ether oxygens (including phenoxy) is 1. The fourth-order valence-corrected chi connectivity index (χ4v) is 1.07. The summed E-state index contributed by atoms with van der Waals surface area (Å²) in [4.78, 5) is 0. The van der Waals surface area contributed by atoms with Gasteiger partial charge in [0.05, 0.1) is 5.69 Å². The Labute approximate surface area is 90.5 Å². The lowest BCUT2D eigenvalue weighted by atomic mass is 10.3. The van der Waals surface area contributed by atoms with Crippen LogP contribution in [0.4, 0.5) is 13.2 Å². The predicted octanol–water partition coefficient (Wildman–Crippen LogP) is 1.99. The van der Waals surface area contributed by atoms with Crippen molar-refractivity contribution in [2.45, 2.75) is 32.2 Å². The van der Waals surface area contributed by atoms with E-state index in [1.165, 1.54) is 0 Å². The first kappa shape index (κ1) is 13.0.